The highest BCUT2D eigenvalue weighted by atomic mass is 35.5. The highest BCUT2D eigenvalue weighted by Gasteiger charge is 2.41. The first-order valence-electron chi connectivity index (χ1n) is 9.83. The Morgan fingerprint density at radius 2 is 1.62 bits per heavy atom. The molecule has 1 unspecified atom stereocenters. The van der Waals surface area contributed by atoms with E-state index >= 15 is 0 Å². The number of benzene rings is 3. The molecule has 0 saturated carbocycles. The number of carboxylic acid groups (broad SMARTS) is 1. The maximum atomic E-state index is 14.8. The van der Waals surface area contributed by atoms with Gasteiger partial charge in [0.25, 0.3) is 12.5 Å². The lowest BCUT2D eigenvalue weighted by molar-refractivity contribution is -0.122. The van der Waals surface area contributed by atoms with E-state index in [4.69, 9.17) is 41.4 Å². The number of aliphatic imine (C=N–C) groups is 1. The Balaban J connectivity index is 0.00000103. The molecule has 0 radical (unpaired) electrons. The largest absolute Gasteiger partial charge is 0.497 e. The van der Waals surface area contributed by atoms with E-state index in [0.717, 1.165) is 0 Å². The van der Waals surface area contributed by atoms with Gasteiger partial charge in [-0.15, -0.1) is 0 Å². The van der Waals surface area contributed by atoms with Gasteiger partial charge in [0, 0.05) is 11.1 Å². The lowest BCUT2D eigenvalue weighted by atomic mass is 9.83. The Morgan fingerprint density at radius 1 is 1.03 bits per heavy atom. The zero-order valence-electron chi connectivity index (χ0n) is 18.2. The summed E-state index contributed by atoms with van der Waals surface area (Å²) < 4.78 is 45.2. The molecule has 0 amide bonds. The standard InChI is InChI=1S/C23H19ClF2N2O3.CH2O2/c1-29-15-5-7-20(26)17(11-15)16-9-13(3-6-19(16)25)23(12-31-22(27)28-23)14-4-8-21(30-2)18(24)10-14;2-1-3/h3-11H,12H2,1-2H3,(H2,27,28);1H,(H,2,3). The van der Waals surface area contributed by atoms with Crippen LogP contribution in [0.2, 0.25) is 5.02 Å². The summed E-state index contributed by atoms with van der Waals surface area (Å²) in [5.41, 5.74) is 6.12. The van der Waals surface area contributed by atoms with Crippen molar-refractivity contribution in [3.05, 3.63) is 82.4 Å². The third-order valence-corrected chi connectivity index (χ3v) is 5.56. The predicted octanol–water partition coefficient (Wildman–Crippen LogP) is 4.59. The molecule has 0 aromatic heterocycles. The van der Waals surface area contributed by atoms with Gasteiger partial charge in [-0.1, -0.05) is 23.7 Å². The number of ether oxygens (including phenoxy) is 3. The second-order valence-corrected chi connectivity index (χ2v) is 7.50. The molecule has 3 aromatic carbocycles. The molecule has 34 heavy (non-hydrogen) atoms. The molecular formula is C24H21ClF2N2O5. The van der Waals surface area contributed by atoms with Crippen LogP contribution in [0.5, 0.6) is 11.5 Å². The van der Waals surface area contributed by atoms with Crippen molar-refractivity contribution in [1.82, 2.24) is 0 Å². The third-order valence-electron chi connectivity index (χ3n) is 5.27. The highest BCUT2D eigenvalue weighted by molar-refractivity contribution is 6.32. The molecule has 0 fully saturated rings. The predicted molar refractivity (Wildman–Crippen MR) is 123 cm³/mol. The second kappa shape index (κ2) is 10.4. The molecule has 1 aliphatic rings. The van der Waals surface area contributed by atoms with Crippen molar-refractivity contribution >= 4 is 24.1 Å². The first-order valence-corrected chi connectivity index (χ1v) is 10.2. The fraction of sp³-hybridized carbons (Fsp3) is 0.167. The van der Waals surface area contributed by atoms with Gasteiger partial charge in [0.15, 0.2) is 5.54 Å². The van der Waals surface area contributed by atoms with E-state index in [0.29, 0.717) is 27.6 Å². The number of amidine groups is 1. The van der Waals surface area contributed by atoms with Gasteiger partial charge in [-0.3, -0.25) is 4.79 Å². The molecule has 1 aliphatic heterocycles. The molecule has 1 heterocycles. The van der Waals surface area contributed by atoms with Crippen LogP contribution in [0, 0.1) is 11.6 Å². The molecule has 0 aliphatic carbocycles. The Bertz CT molecular complexity index is 1240. The highest BCUT2D eigenvalue weighted by Crippen LogP contribution is 2.42. The average Bonchev–Trinajstić information content (AvgIpc) is 3.23. The monoisotopic (exact) mass is 490 g/mol. The molecule has 4 rings (SSSR count). The van der Waals surface area contributed by atoms with Crippen molar-refractivity contribution in [1.29, 1.82) is 0 Å². The van der Waals surface area contributed by atoms with Crippen LogP contribution in [0.15, 0.2) is 59.6 Å². The zero-order chi connectivity index (χ0) is 24.9. The summed E-state index contributed by atoms with van der Waals surface area (Å²) in [5.74, 6) is -0.266. The second-order valence-electron chi connectivity index (χ2n) is 7.09. The smallest absolute Gasteiger partial charge is 0.290 e. The van der Waals surface area contributed by atoms with Gasteiger partial charge in [-0.25, -0.2) is 13.8 Å². The van der Waals surface area contributed by atoms with Gasteiger partial charge in [0.1, 0.15) is 29.7 Å². The van der Waals surface area contributed by atoms with Crippen molar-refractivity contribution in [3.8, 4) is 22.6 Å². The maximum Gasteiger partial charge on any atom is 0.290 e. The van der Waals surface area contributed by atoms with Crippen LogP contribution >= 0.6 is 11.6 Å². The van der Waals surface area contributed by atoms with Crippen LogP contribution in [-0.4, -0.2) is 38.4 Å². The summed E-state index contributed by atoms with van der Waals surface area (Å²) in [4.78, 5) is 12.9. The summed E-state index contributed by atoms with van der Waals surface area (Å²) >= 11 is 6.33. The summed E-state index contributed by atoms with van der Waals surface area (Å²) in [5, 5.41) is 7.27. The molecule has 7 nitrogen and oxygen atoms in total. The fourth-order valence-corrected chi connectivity index (χ4v) is 3.90. The van der Waals surface area contributed by atoms with Crippen LogP contribution < -0.4 is 15.2 Å². The van der Waals surface area contributed by atoms with Gasteiger partial charge in [0.05, 0.1) is 19.2 Å². The number of hydrogen-bond donors (Lipinski definition) is 2. The SMILES string of the molecule is COc1ccc(F)c(-c2cc(C3(c4ccc(OC)c(Cl)c4)COC(N)=N3)ccc2F)c1.O=CO. The fourth-order valence-electron chi connectivity index (χ4n) is 3.64. The number of methoxy groups -OCH3 is 2. The number of carbonyl (C=O) groups is 1. The van der Waals surface area contributed by atoms with Crippen LogP contribution in [-0.2, 0) is 15.1 Å². The topological polar surface area (TPSA) is 103 Å². The Labute approximate surface area is 199 Å². The summed E-state index contributed by atoms with van der Waals surface area (Å²) in [6, 6.07) is 13.7. The molecule has 10 heteroatoms. The van der Waals surface area contributed by atoms with E-state index in [2.05, 4.69) is 4.99 Å². The van der Waals surface area contributed by atoms with E-state index in [9.17, 15) is 8.78 Å². The van der Waals surface area contributed by atoms with Crippen molar-refractivity contribution in [2.24, 2.45) is 10.7 Å². The van der Waals surface area contributed by atoms with Crippen LogP contribution in [0.25, 0.3) is 11.1 Å². The molecule has 3 aromatic rings. The maximum absolute atomic E-state index is 14.8. The molecule has 1 atom stereocenters. The summed E-state index contributed by atoms with van der Waals surface area (Å²) in [7, 11) is 2.97. The summed E-state index contributed by atoms with van der Waals surface area (Å²) in [6.45, 7) is -0.173. The van der Waals surface area contributed by atoms with Gasteiger partial charge < -0.3 is 25.1 Å². The van der Waals surface area contributed by atoms with E-state index in [1.165, 1.54) is 44.6 Å². The number of hydrogen-bond acceptors (Lipinski definition) is 6. The molecule has 0 spiro atoms. The van der Waals surface area contributed by atoms with Gasteiger partial charge in [-0.2, -0.15) is 0 Å². The zero-order valence-corrected chi connectivity index (χ0v) is 19.0. The minimum Gasteiger partial charge on any atom is -0.497 e. The minimum absolute atomic E-state index is 0.00891. The average molecular weight is 491 g/mol. The lowest BCUT2D eigenvalue weighted by Gasteiger charge is -2.26. The Kier molecular flexibility index (Phi) is 7.57. The quantitative estimate of drug-likeness (QED) is 0.507. The molecule has 178 valence electrons. The van der Waals surface area contributed by atoms with Crippen molar-refractivity contribution in [2.75, 3.05) is 20.8 Å². The summed E-state index contributed by atoms with van der Waals surface area (Å²) in [6.07, 6.45) is 0. The van der Waals surface area contributed by atoms with E-state index in [1.54, 1.807) is 24.3 Å². The van der Waals surface area contributed by atoms with Gasteiger partial charge in [-0.05, 0) is 53.6 Å². The third kappa shape index (κ3) is 4.74. The number of nitrogens with zero attached hydrogens (tertiary/aromatic N) is 1. The number of nitrogens with two attached hydrogens (primary N) is 1. The van der Waals surface area contributed by atoms with E-state index < -0.39 is 17.2 Å². The van der Waals surface area contributed by atoms with Crippen LogP contribution in [0.1, 0.15) is 11.1 Å². The van der Waals surface area contributed by atoms with Crippen LogP contribution in [0.3, 0.4) is 0 Å². The van der Waals surface area contributed by atoms with E-state index in [1.807, 2.05) is 0 Å². The van der Waals surface area contributed by atoms with Crippen molar-refractivity contribution in [3.63, 3.8) is 0 Å². The molecule has 3 N–H and O–H groups in total. The van der Waals surface area contributed by atoms with Crippen molar-refractivity contribution < 1.29 is 32.9 Å². The normalized spacial score (nSPS) is 16.6. The minimum atomic E-state index is -1.09. The molecule has 0 bridgehead atoms. The number of rotatable bonds is 5. The number of halogens is 3. The first kappa shape index (κ1) is 24.8. The van der Waals surface area contributed by atoms with E-state index in [-0.39, 0.29) is 30.2 Å². The first-order chi connectivity index (χ1) is 16.3. The Hall–Kier alpha value is -3.85. The lowest BCUT2D eigenvalue weighted by Crippen LogP contribution is -2.27. The van der Waals surface area contributed by atoms with Crippen LogP contribution in [0.4, 0.5) is 8.78 Å². The molecule has 0 saturated heterocycles. The Morgan fingerprint density at radius 3 is 2.18 bits per heavy atom. The van der Waals surface area contributed by atoms with Crippen molar-refractivity contribution in [2.45, 2.75) is 5.54 Å². The van der Waals surface area contributed by atoms with Gasteiger partial charge >= 0.3 is 0 Å². The van der Waals surface area contributed by atoms with Gasteiger partial charge in [0.2, 0.25) is 0 Å². The molecular weight excluding hydrogens is 470 g/mol.